The largest absolute Gasteiger partial charge is 0.381 e. The summed E-state index contributed by atoms with van der Waals surface area (Å²) in [5, 5.41) is 11.8. The third-order valence-electron chi connectivity index (χ3n) is 4.89. The molecule has 0 spiro atoms. The van der Waals surface area contributed by atoms with Crippen molar-refractivity contribution in [2.24, 2.45) is 0 Å². The van der Waals surface area contributed by atoms with Crippen LogP contribution in [0.3, 0.4) is 0 Å². The first-order chi connectivity index (χ1) is 12.8. The summed E-state index contributed by atoms with van der Waals surface area (Å²) in [6, 6.07) is 18.9. The number of halogens is 1. The fraction of sp³-hybridized carbons (Fsp3) is 0.286. The number of para-hydroxylation sites is 1. The lowest BCUT2D eigenvalue weighted by Crippen LogP contribution is -2.41. The Kier molecular flexibility index (Phi) is 5.23. The molecule has 0 radical (unpaired) electrons. The highest BCUT2D eigenvalue weighted by atomic mass is 35.5. The van der Waals surface area contributed by atoms with Gasteiger partial charge in [-0.2, -0.15) is 5.10 Å². The van der Waals surface area contributed by atoms with Crippen molar-refractivity contribution in [2.75, 3.05) is 18.4 Å². The normalized spacial score (nSPS) is 18.0. The predicted molar refractivity (Wildman–Crippen MR) is 107 cm³/mol. The summed E-state index contributed by atoms with van der Waals surface area (Å²) >= 11 is 6.01. The Hall–Kier alpha value is -2.30. The average molecular weight is 367 g/mol. The monoisotopic (exact) mass is 366 g/mol. The topological polar surface area (TPSA) is 44.0 Å². The van der Waals surface area contributed by atoms with E-state index in [0.717, 1.165) is 35.9 Å². The van der Waals surface area contributed by atoms with Crippen molar-refractivity contribution in [3.05, 3.63) is 71.4 Å². The van der Waals surface area contributed by atoms with Gasteiger partial charge in [0.25, 0.3) is 0 Å². The van der Waals surface area contributed by atoms with Crippen LogP contribution in [-0.2, 0) is 6.54 Å². The Morgan fingerprint density at radius 2 is 1.92 bits per heavy atom. The van der Waals surface area contributed by atoms with Gasteiger partial charge in [0.05, 0.1) is 11.9 Å². The molecule has 1 fully saturated rings. The number of aromatic amines is 1. The molecule has 0 unspecified atom stereocenters. The quantitative estimate of drug-likeness (QED) is 0.681. The molecule has 2 N–H and O–H groups in total. The lowest BCUT2D eigenvalue weighted by atomic mass is 10.0. The van der Waals surface area contributed by atoms with Gasteiger partial charge >= 0.3 is 0 Å². The zero-order chi connectivity index (χ0) is 17.8. The van der Waals surface area contributed by atoms with Gasteiger partial charge in [0.15, 0.2) is 0 Å². The molecule has 1 atom stereocenters. The molecule has 0 bridgehead atoms. The van der Waals surface area contributed by atoms with Crippen molar-refractivity contribution in [2.45, 2.75) is 25.4 Å². The number of aromatic nitrogens is 2. The van der Waals surface area contributed by atoms with Gasteiger partial charge in [-0.15, -0.1) is 0 Å². The minimum atomic E-state index is 0.483. The summed E-state index contributed by atoms with van der Waals surface area (Å²) in [4.78, 5) is 2.51. The first-order valence-corrected chi connectivity index (χ1v) is 9.48. The molecule has 134 valence electrons. The summed E-state index contributed by atoms with van der Waals surface area (Å²) in [6.07, 6.45) is 4.36. The molecule has 0 amide bonds. The lowest BCUT2D eigenvalue weighted by molar-refractivity contribution is 0.209. The van der Waals surface area contributed by atoms with Gasteiger partial charge < -0.3 is 5.32 Å². The van der Waals surface area contributed by atoms with Gasteiger partial charge in [0.1, 0.15) is 0 Å². The first-order valence-electron chi connectivity index (χ1n) is 9.10. The minimum Gasteiger partial charge on any atom is -0.381 e. The first kappa shape index (κ1) is 17.1. The highest BCUT2D eigenvalue weighted by Crippen LogP contribution is 2.25. The maximum absolute atomic E-state index is 6.01. The van der Waals surface area contributed by atoms with Crippen LogP contribution in [0.5, 0.6) is 0 Å². The van der Waals surface area contributed by atoms with Crippen LogP contribution in [0.4, 0.5) is 5.69 Å². The van der Waals surface area contributed by atoms with Crippen molar-refractivity contribution in [3.8, 4) is 11.3 Å². The van der Waals surface area contributed by atoms with Crippen LogP contribution >= 0.6 is 11.6 Å². The van der Waals surface area contributed by atoms with Gasteiger partial charge in [0, 0.05) is 35.4 Å². The third-order valence-corrected chi connectivity index (χ3v) is 5.15. The molecule has 2 heterocycles. The third kappa shape index (κ3) is 4.09. The Morgan fingerprint density at radius 3 is 2.73 bits per heavy atom. The van der Waals surface area contributed by atoms with Crippen LogP contribution in [0.1, 0.15) is 18.4 Å². The molecule has 1 aromatic heterocycles. The van der Waals surface area contributed by atoms with E-state index < -0.39 is 0 Å². The molecule has 1 aliphatic rings. The highest BCUT2D eigenvalue weighted by molar-refractivity contribution is 6.30. The number of H-pyrrole nitrogens is 1. The van der Waals surface area contributed by atoms with E-state index in [0.29, 0.717) is 6.04 Å². The zero-order valence-electron chi connectivity index (χ0n) is 14.7. The van der Waals surface area contributed by atoms with Crippen LogP contribution < -0.4 is 5.32 Å². The van der Waals surface area contributed by atoms with E-state index in [1.165, 1.54) is 24.1 Å². The van der Waals surface area contributed by atoms with Gasteiger partial charge in [-0.3, -0.25) is 10.00 Å². The number of nitrogens with zero attached hydrogens (tertiary/aromatic N) is 2. The number of anilines is 1. The molecular formula is C21H23ClN4. The lowest BCUT2D eigenvalue weighted by Gasteiger charge is -2.33. The van der Waals surface area contributed by atoms with Crippen LogP contribution in [0.25, 0.3) is 11.3 Å². The Labute approximate surface area is 159 Å². The molecule has 0 saturated carbocycles. The van der Waals surface area contributed by atoms with E-state index in [1.807, 2.05) is 30.5 Å². The maximum atomic E-state index is 6.01. The minimum absolute atomic E-state index is 0.483. The molecular weight excluding hydrogens is 344 g/mol. The molecule has 4 rings (SSSR count). The number of hydrogen-bond acceptors (Lipinski definition) is 3. The van der Waals surface area contributed by atoms with Crippen molar-refractivity contribution < 1.29 is 0 Å². The van der Waals surface area contributed by atoms with E-state index in [2.05, 4.69) is 50.7 Å². The summed E-state index contributed by atoms with van der Waals surface area (Å²) < 4.78 is 0. The highest BCUT2D eigenvalue weighted by Gasteiger charge is 2.21. The van der Waals surface area contributed by atoms with Gasteiger partial charge in [0.2, 0.25) is 0 Å². The second kappa shape index (κ2) is 7.94. The second-order valence-electron chi connectivity index (χ2n) is 6.86. The van der Waals surface area contributed by atoms with Crippen LogP contribution in [0.15, 0.2) is 60.8 Å². The molecule has 26 heavy (non-hydrogen) atoms. The number of piperidine rings is 1. The molecule has 4 nitrogen and oxygen atoms in total. The van der Waals surface area contributed by atoms with E-state index in [-0.39, 0.29) is 0 Å². The Bertz CT molecular complexity index is 829. The van der Waals surface area contributed by atoms with Crippen molar-refractivity contribution in [3.63, 3.8) is 0 Å². The van der Waals surface area contributed by atoms with E-state index in [4.69, 9.17) is 11.6 Å². The molecule has 2 aromatic carbocycles. The summed E-state index contributed by atoms with van der Waals surface area (Å²) in [5.74, 6) is 0. The molecule has 3 aromatic rings. The van der Waals surface area contributed by atoms with Crippen LogP contribution in [-0.4, -0.2) is 34.2 Å². The SMILES string of the molecule is Clc1ccc(-c2[nH]ncc2CN2CCC[C@@H](Nc3ccccc3)C2)cc1. The standard InChI is InChI=1S/C21H23ClN4/c22-18-10-8-16(9-11-18)21-17(13-23-25-21)14-26-12-4-7-20(15-26)24-19-5-2-1-3-6-19/h1-3,5-6,8-11,13,20,24H,4,7,12,14-15H2,(H,23,25)/t20-/m1/s1. The summed E-state index contributed by atoms with van der Waals surface area (Å²) in [5.41, 5.74) is 4.63. The Balaban J connectivity index is 1.43. The molecule has 5 heteroatoms. The number of rotatable bonds is 5. The second-order valence-corrected chi connectivity index (χ2v) is 7.30. The average Bonchev–Trinajstić information content (AvgIpc) is 3.12. The van der Waals surface area contributed by atoms with Crippen molar-refractivity contribution in [1.82, 2.24) is 15.1 Å². The van der Waals surface area contributed by atoms with Crippen molar-refractivity contribution >= 4 is 17.3 Å². The van der Waals surface area contributed by atoms with E-state index >= 15 is 0 Å². The predicted octanol–water partition coefficient (Wildman–Crippen LogP) is 4.81. The summed E-state index contributed by atoms with van der Waals surface area (Å²) in [7, 11) is 0. The van der Waals surface area contributed by atoms with Crippen molar-refractivity contribution in [1.29, 1.82) is 0 Å². The van der Waals surface area contributed by atoms with Crippen LogP contribution in [0.2, 0.25) is 5.02 Å². The van der Waals surface area contributed by atoms with Crippen LogP contribution in [0, 0.1) is 0 Å². The fourth-order valence-electron chi connectivity index (χ4n) is 3.63. The number of hydrogen-bond donors (Lipinski definition) is 2. The molecule has 1 saturated heterocycles. The molecule has 1 aliphatic heterocycles. The number of benzene rings is 2. The zero-order valence-corrected chi connectivity index (χ0v) is 15.4. The Morgan fingerprint density at radius 1 is 1.12 bits per heavy atom. The smallest absolute Gasteiger partial charge is 0.0695 e. The van der Waals surface area contributed by atoms with E-state index in [1.54, 1.807) is 0 Å². The van der Waals surface area contributed by atoms with Gasteiger partial charge in [-0.25, -0.2) is 0 Å². The van der Waals surface area contributed by atoms with Gasteiger partial charge in [-0.05, 0) is 49.2 Å². The van der Waals surface area contributed by atoms with Gasteiger partial charge in [-0.1, -0.05) is 41.9 Å². The maximum Gasteiger partial charge on any atom is 0.0695 e. The fourth-order valence-corrected chi connectivity index (χ4v) is 3.75. The molecule has 0 aliphatic carbocycles. The number of likely N-dealkylation sites (tertiary alicyclic amines) is 1. The number of nitrogens with one attached hydrogen (secondary N) is 2. The summed E-state index contributed by atoms with van der Waals surface area (Å²) in [6.45, 7) is 3.07. The van der Waals surface area contributed by atoms with E-state index in [9.17, 15) is 0 Å².